The van der Waals surface area contributed by atoms with Gasteiger partial charge in [0.1, 0.15) is 12.4 Å². The van der Waals surface area contributed by atoms with Crippen molar-refractivity contribution in [3.8, 4) is 5.75 Å². The highest BCUT2D eigenvalue weighted by Crippen LogP contribution is 2.28. The fourth-order valence-electron chi connectivity index (χ4n) is 1.34. The summed E-state index contributed by atoms with van der Waals surface area (Å²) in [5, 5.41) is 3.19. The van der Waals surface area contributed by atoms with E-state index in [0.29, 0.717) is 35.6 Å². The smallest absolute Gasteiger partial charge is 0.250 e. The highest BCUT2D eigenvalue weighted by atomic mass is 35.5. The van der Waals surface area contributed by atoms with E-state index in [2.05, 4.69) is 19.2 Å². The van der Waals surface area contributed by atoms with Gasteiger partial charge >= 0.3 is 0 Å². The molecule has 0 heterocycles. The molecule has 106 valence electrons. The molecule has 0 aliphatic carbocycles. The van der Waals surface area contributed by atoms with E-state index >= 15 is 0 Å². The van der Waals surface area contributed by atoms with Crippen molar-refractivity contribution < 1.29 is 14.3 Å². The average Bonchev–Trinajstić information content (AvgIpc) is 2.35. The van der Waals surface area contributed by atoms with Gasteiger partial charge in [0.2, 0.25) is 5.91 Å². The van der Waals surface area contributed by atoms with E-state index < -0.39 is 0 Å². The number of amides is 1. The van der Waals surface area contributed by atoms with Gasteiger partial charge in [-0.3, -0.25) is 4.79 Å². The molecule has 5 heteroatoms. The molecule has 0 aliphatic rings. The van der Waals surface area contributed by atoms with Crippen molar-refractivity contribution in [2.75, 3.05) is 25.1 Å². The van der Waals surface area contributed by atoms with Crippen LogP contribution in [0.1, 0.15) is 20.8 Å². The lowest BCUT2D eigenvalue weighted by Gasteiger charge is -2.11. The fraction of sp³-hybridized carbons (Fsp3) is 0.500. The number of hydrogen-bond donors (Lipinski definition) is 1. The van der Waals surface area contributed by atoms with Crippen LogP contribution in [0.15, 0.2) is 18.2 Å². The number of carbonyl (C=O) groups excluding carboxylic acids is 1. The SMILES string of the molecule is CCOCC(=O)Nc1ccc(OCC(C)C)c(Cl)c1. The predicted molar refractivity (Wildman–Crippen MR) is 76.9 cm³/mol. The summed E-state index contributed by atoms with van der Waals surface area (Å²) in [4.78, 5) is 11.5. The second-order valence-electron chi connectivity index (χ2n) is 4.54. The lowest BCUT2D eigenvalue weighted by Crippen LogP contribution is -2.18. The maximum atomic E-state index is 11.5. The molecule has 0 radical (unpaired) electrons. The molecule has 0 saturated heterocycles. The van der Waals surface area contributed by atoms with Crippen LogP contribution in [-0.4, -0.2) is 25.7 Å². The van der Waals surface area contributed by atoms with Crippen LogP contribution < -0.4 is 10.1 Å². The molecule has 1 aromatic carbocycles. The Labute approximate surface area is 119 Å². The average molecular weight is 286 g/mol. The first-order chi connectivity index (χ1) is 9.02. The van der Waals surface area contributed by atoms with Gasteiger partial charge in [0.15, 0.2) is 0 Å². The Balaban J connectivity index is 2.58. The summed E-state index contributed by atoms with van der Waals surface area (Å²) in [5.74, 6) is 0.855. The van der Waals surface area contributed by atoms with E-state index in [9.17, 15) is 4.79 Å². The molecule has 1 aromatic rings. The number of rotatable bonds is 7. The molecule has 1 N–H and O–H groups in total. The van der Waals surface area contributed by atoms with E-state index in [1.54, 1.807) is 18.2 Å². The zero-order valence-corrected chi connectivity index (χ0v) is 12.3. The molecular formula is C14H20ClNO3. The second-order valence-corrected chi connectivity index (χ2v) is 4.94. The Bertz CT molecular complexity index is 421. The summed E-state index contributed by atoms with van der Waals surface area (Å²) in [6.07, 6.45) is 0. The zero-order chi connectivity index (χ0) is 14.3. The Morgan fingerprint density at radius 1 is 1.42 bits per heavy atom. The number of benzene rings is 1. The first kappa shape index (κ1) is 15.8. The molecule has 0 aliphatic heterocycles. The van der Waals surface area contributed by atoms with Crippen LogP contribution in [0.3, 0.4) is 0 Å². The lowest BCUT2D eigenvalue weighted by molar-refractivity contribution is -0.120. The van der Waals surface area contributed by atoms with Crippen LogP contribution in [0.5, 0.6) is 5.75 Å². The van der Waals surface area contributed by atoms with Gasteiger partial charge in [0, 0.05) is 12.3 Å². The summed E-state index contributed by atoms with van der Waals surface area (Å²) in [5.41, 5.74) is 0.631. The Kier molecular flexibility index (Phi) is 6.67. The highest BCUT2D eigenvalue weighted by molar-refractivity contribution is 6.32. The molecule has 0 bridgehead atoms. The van der Waals surface area contributed by atoms with E-state index in [-0.39, 0.29) is 12.5 Å². The largest absolute Gasteiger partial charge is 0.492 e. The van der Waals surface area contributed by atoms with Gasteiger partial charge in [0.05, 0.1) is 11.6 Å². The first-order valence-corrected chi connectivity index (χ1v) is 6.70. The summed E-state index contributed by atoms with van der Waals surface area (Å²) in [7, 11) is 0. The monoisotopic (exact) mass is 285 g/mol. The molecule has 19 heavy (non-hydrogen) atoms. The van der Waals surface area contributed by atoms with E-state index in [0.717, 1.165) is 0 Å². The highest BCUT2D eigenvalue weighted by Gasteiger charge is 2.07. The van der Waals surface area contributed by atoms with Crippen molar-refractivity contribution in [2.24, 2.45) is 5.92 Å². The third-order valence-corrected chi connectivity index (χ3v) is 2.52. The molecule has 0 aromatic heterocycles. The number of halogens is 1. The summed E-state index contributed by atoms with van der Waals surface area (Å²) in [6.45, 7) is 7.13. The van der Waals surface area contributed by atoms with Gasteiger partial charge in [-0.05, 0) is 31.0 Å². The van der Waals surface area contributed by atoms with Crippen LogP contribution in [0.2, 0.25) is 5.02 Å². The standard InChI is InChI=1S/C14H20ClNO3/c1-4-18-9-14(17)16-11-5-6-13(12(15)7-11)19-8-10(2)3/h5-7,10H,4,8-9H2,1-3H3,(H,16,17). The van der Waals surface area contributed by atoms with E-state index in [4.69, 9.17) is 21.1 Å². The van der Waals surface area contributed by atoms with E-state index in [1.165, 1.54) is 0 Å². The first-order valence-electron chi connectivity index (χ1n) is 6.32. The molecule has 0 fully saturated rings. The molecule has 0 spiro atoms. The van der Waals surface area contributed by atoms with Crippen molar-refractivity contribution >= 4 is 23.2 Å². The van der Waals surface area contributed by atoms with Crippen LogP contribution in [0, 0.1) is 5.92 Å². The third-order valence-electron chi connectivity index (χ3n) is 2.23. The minimum absolute atomic E-state index is 0.0414. The maximum Gasteiger partial charge on any atom is 0.250 e. The summed E-state index contributed by atoms with van der Waals surface area (Å²) >= 11 is 6.09. The molecule has 0 saturated carbocycles. The number of carbonyl (C=O) groups is 1. The van der Waals surface area contributed by atoms with Gasteiger partial charge in [-0.15, -0.1) is 0 Å². The zero-order valence-electron chi connectivity index (χ0n) is 11.5. The van der Waals surface area contributed by atoms with Crippen molar-refractivity contribution in [3.05, 3.63) is 23.2 Å². The number of nitrogens with one attached hydrogen (secondary N) is 1. The minimum Gasteiger partial charge on any atom is -0.492 e. The molecule has 1 amide bonds. The van der Waals surface area contributed by atoms with Crippen LogP contribution in [0.4, 0.5) is 5.69 Å². The van der Waals surface area contributed by atoms with Crippen molar-refractivity contribution in [1.29, 1.82) is 0 Å². The van der Waals surface area contributed by atoms with Gasteiger partial charge in [-0.1, -0.05) is 25.4 Å². The van der Waals surface area contributed by atoms with Gasteiger partial charge in [0.25, 0.3) is 0 Å². The molecule has 0 atom stereocenters. The molecule has 4 nitrogen and oxygen atoms in total. The molecular weight excluding hydrogens is 266 g/mol. The molecule has 0 unspecified atom stereocenters. The van der Waals surface area contributed by atoms with Crippen LogP contribution in [-0.2, 0) is 9.53 Å². The number of hydrogen-bond acceptors (Lipinski definition) is 3. The summed E-state index contributed by atoms with van der Waals surface area (Å²) < 4.78 is 10.6. The fourth-order valence-corrected chi connectivity index (χ4v) is 1.58. The third kappa shape index (κ3) is 5.94. The maximum absolute atomic E-state index is 11.5. The normalized spacial score (nSPS) is 10.6. The Morgan fingerprint density at radius 3 is 2.74 bits per heavy atom. The van der Waals surface area contributed by atoms with Crippen LogP contribution in [0.25, 0.3) is 0 Å². The summed E-state index contributed by atoms with van der Waals surface area (Å²) in [6, 6.07) is 5.17. The van der Waals surface area contributed by atoms with Gasteiger partial charge in [-0.2, -0.15) is 0 Å². The van der Waals surface area contributed by atoms with Crippen molar-refractivity contribution in [1.82, 2.24) is 0 Å². The molecule has 1 rings (SSSR count). The number of ether oxygens (including phenoxy) is 2. The van der Waals surface area contributed by atoms with Gasteiger partial charge in [-0.25, -0.2) is 0 Å². The van der Waals surface area contributed by atoms with E-state index in [1.807, 2.05) is 6.92 Å². The topological polar surface area (TPSA) is 47.6 Å². The number of anilines is 1. The lowest BCUT2D eigenvalue weighted by atomic mass is 10.2. The Morgan fingerprint density at radius 2 is 2.16 bits per heavy atom. The quantitative estimate of drug-likeness (QED) is 0.836. The minimum atomic E-state index is -0.200. The van der Waals surface area contributed by atoms with Crippen LogP contribution >= 0.6 is 11.6 Å². The Hall–Kier alpha value is -1.26. The predicted octanol–water partition coefficient (Wildman–Crippen LogP) is 3.35. The second kappa shape index (κ2) is 8.02. The van der Waals surface area contributed by atoms with Gasteiger partial charge < -0.3 is 14.8 Å². The van der Waals surface area contributed by atoms with Crippen molar-refractivity contribution in [2.45, 2.75) is 20.8 Å². The van der Waals surface area contributed by atoms with Crippen molar-refractivity contribution in [3.63, 3.8) is 0 Å².